The predicted molar refractivity (Wildman–Crippen MR) is 103 cm³/mol. The van der Waals surface area contributed by atoms with Gasteiger partial charge in [-0.05, 0) is 30.6 Å². The fraction of sp³-hybridized carbons (Fsp3) is 0.909. The van der Waals surface area contributed by atoms with Gasteiger partial charge in [-0.3, -0.25) is 0 Å². The molecule has 132 valence electrons. The van der Waals surface area contributed by atoms with Crippen LogP contribution in [0.2, 0.25) is 0 Å². The maximum absolute atomic E-state index is 2.36. The van der Waals surface area contributed by atoms with E-state index in [1.165, 1.54) is 77.0 Å². The van der Waals surface area contributed by atoms with Crippen molar-refractivity contribution < 1.29 is 0 Å². The molecule has 0 heterocycles. The van der Waals surface area contributed by atoms with Gasteiger partial charge in [-0.15, -0.1) is 0 Å². The van der Waals surface area contributed by atoms with Crippen LogP contribution in [-0.4, -0.2) is 0 Å². The first kappa shape index (κ1) is 21.7. The molecule has 3 aliphatic rings. The van der Waals surface area contributed by atoms with Crippen molar-refractivity contribution in [1.29, 1.82) is 0 Å². The highest BCUT2D eigenvalue weighted by Crippen LogP contribution is 2.22. The lowest BCUT2D eigenvalue weighted by Gasteiger charge is -2.15. The molecule has 0 radical (unpaired) electrons. The van der Waals surface area contributed by atoms with Crippen LogP contribution in [0.5, 0.6) is 0 Å². The second-order valence-corrected chi connectivity index (χ2v) is 7.53. The van der Waals surface area contributed by atoms with Crippen LogP contribution in [0.4, 0.5) is 0 Å². The van der Waals surface area contributed by atoms with Crippen LogP contribution in [0.15, 0.2) is 12.2 Å². The Bertz CT molecular complexity index is 204. The summed E-state index contributed by atoms with van der Waals surface area (Å²) in [5.41, 5.74) is 0. The summed E-state index contributed by atoms with van der Waals surface area (Å²) in [7, 11) is 0. The normalized spacial score (nSPS) is 22.6. The zero-order valence-corrected chi connectivity index (χ0v) is 16.4. The van der Waals surface area contributed by atoms with Gasteiger partial charge >= 0.3 is 0 Å². The highest BCUT2D eigenvalue weighted by Gasteiger charge is 2.06. The highest BCUT2D eigenvalue weighted by molar-refractivity contribution is 4.92. The Morgan fingerprint density at radius 1 is 0.500 bits per heavy atom. The third-order valence-corrected chi connectivity index (χ3v) is 5.03. The minimum absolute atomic E-state index is 0.935. The van der Waals surface area contributed by atoms with Crippen LogP contribution in [0.3, 0.4) is 0 Å². The fourth-order valence-electron chi connectivity index (χ4n) is 3.37. The molecule has 0 aromatic rings. The standard InChI is InChI=1S/2C7H14.C6H10.C2H6/c2*1-7-5-3-2-4-6-7;1-6-4-2-3-5-6;1-2/h2*7H,2-6H2,1H3;2-3,6H,4-5H2,1H3;1-2H3. The van der Waals surface area contributed by atoms with Gasteiger partial charge < -0.3 is 0 Å². The molecule has 0 unspecified atom stereocenters. The largest absolute Gasteiger partial charge is 0.0883 e. The Labute approximate surface area is 142 Å². The molecular formula is C22H44. The maximum atomic E-state index is 2.36. The molecule has 0 aromatic carbocycles. The van der Waals surface area contributed by atoms with Gasteiger partial charge in [0.2, 0.25) is 0 Å². The molecule has 2 fully saturated rings. The smallest absolute Gasteiger partial charge is 0.0322 e. The van der Waals surface area contributed by atoms with E-state index in [9.17, 15) is 0 Å². The zero-order valence-electron chi connectivity index (χ0n) is 16.4. The van der Waals surface area contributed by atoms with Crippen molar-refractivity contribution in [1.82, 2.24) is 0 Å². The van der Waals surface area contributed by atoms with Gasteiger partial charge in [0.1, 0.15) is 0 Å². The second kappa shape index (κ2) is 15.6. The molecule has 0 aromatic heterocycles. The maximum Gasteiger partial charge on any atom is -0.0322 e. The lowest BCUT2D eigenvalue weighted by atomic mass is 9.91. The summed E-state index contributed by atoms with van der Waals surface area (Å²) in [6, 6.07) is 0. The SMILES string of the molecule is CC.CC1CC=CC1.CC1CCCCC1.CC1CCCCC1. The lowest BCUT2D eigenvalue weighted by molar-refractivity contribution is 0.385. The molecule has 0 bridgehead atoms. The van der Waals surface area contributed by atoms with E-state index in [1.807, 2.05) is 13.8 Å². The topological polar surface area (TPSA) is 0 Å². The molecule has 0 aliphatic heterocycles. The van der Waals surface area contributed by atoms with E-state index in [4.69, 9.17) is 0 Å². The predicted octanol–water partition coefficient (Wildman–Crippen LogP) is 8.17. The van der Waals surface area contributed by atoms with Crippen LogP contribution in [-0.2, 0) is 0 Å². The van der Waals surface area contributed by atoms with Gasteiger partial charge in [-0.1, -0.05) is 111 Å². The average molecular weight is 309 g/mol. The summed E-state index contributed by atoms with van der Waals surface area (Å²) in [4.78, 5) is 0. The summed E-state index contributed by atoms with van der Waals surface area (Å²) in [5.74, 6) is 3.01. The van der Waals surface area contributed by atoms with Gasteiger partial charge in [-0.2, -0.15) is 0 Å². The van der Waals surface area contributed by atoms with Crippen LogP contribution in [0, 0.1) is 17.8 Å². The minimum atomic E-state index is 0.935. The lowest BCUT2D eigenvalue weighted by Crippen LogP contribution is -1.99. The number of hydrogen-bond donors (Lipinski definition) is 0. The fourth-order valence-corrected chi connectivity index (χ4v) is 3.37. The minimum Gasteiger partial charge on any atom is -0.0883 e. The van der Waals surface area contributed by atoms with E-state index in [1.54, 1.807) is 0 Å². The van der Waals surface area contributed by atoms with Crippen molar-refractivity contribution >= 4 is 0 Å². The second-order valence-electron chi connectivity index (χ2n) is 7.53. The first-order chi connectivity index (χ1) is 10.7. The Hall–Kier alpha value is -0.260. The van der Waals surface area contributed by atoms with Crippen LogP contribution in [0.1, 0.15) is 112 Å². The zero-order chi connectivity index (χ0) is 16.6. The van der Waals surface area contributed by atoms with E-state index in [2.05, 4.69) is 32.9 Å². The molecule has 2 saturated carbocycles. The van der Waals surface area contributed by atoms with Crippen molar-refractivity contribution in [2.75, 3.05) is 0 Å². The monoisotopic (exact) mass is 308 g/mol. The van der Waals surface area contributed by atoms with E-state index < -0.39 is 0 Å². The Morgan fingerprint density at radius 3 is 0.955 bits per heavy atom. The van der Waals surface area contributed by atoms with Crippen molar-refractivity contribution in [3.05, 3.63) is 12.2 Å². The van der Waals surface area contributed by atoms with Gasteiger partial charge in [0.15, 0.2) is 0 Å². The third-order valence-electron chi connectivity index (χ3n) is 5.03. The Morgan fingerprint density at radius 2 is 0.818 bits per heavy atom. The van der Waals surface area contributed by atoms with Gasteiger partial charge in [0.25, 0.3) is 0 Å². The van der Waals surface area contributed by atoms with E-state index in [-0.39, 0.29) is 0 Å². The van der Waals surface area contributed by atoms with Crippen LogP contribution in [0.25, 0.3) is 0 Å². The van der Waals surface area contributed by atoms with Crippen molar-refractivity contribution in [3.8, 4) is 0 Å². The molecule has 0 N–H and O–H groups in total. The summed E-state index contributed by atoms with van der Waals surface area (Å²) >= 11 is 0. The summed E-state index contributed by atoms with van der Waals surface area (Å²) in [6.45, 7) is 11.0. The molecule has 0 nitrogen and oxygen atoms in total. The molecular weight excluding hydrogens is 264 g/mol. The van der Waals surface area contributed by atoms with E-state index in [0.29, 0.717) is 0 Å². The van der Waals surface area contributed by atoms with E-state index >= 15 is 0 Å². The summed E-state index contributed by atoms with van der Waals surface area (Å²) in [6.07, 6.45) is 22.0. The first-order valence-electron chi connectivity index (χ1n) is 10.3. The number of rotatable bonds is 0. The molecule has 0 spiro atoms. The number of allylic oxidation sites excluding steroid dienone is 2. The highest BCUT2D eigenvalue weighted by atomic mass is 14.1. The van der Waals surface area contributed by atoms with Crippen molar-refractivity contribution in [2.45, 2.75) is 112 Å². The molecule has 0 heteroatoms. The van der Waals surface area contributed by atoms with E-state index in [0.717, 1.165) is 17.8 Å². The average Bonchev–Trinajstić information content (AvgIpc) is 3.03. The molecule has 3 aliphatic carbocycles. The molecule has 0 atom stereocenters. The number of hydrogen-bond acceptors (Lipinski definition) is 0. The van der Waals surface area contributed by atoms with Crippen molar-refractivity contribution in [2.24, 2.45) is 17.8 Å². The molecule has 0 amide bonds. The van der Waals surface area contributed by atoms with Crippen LogP contribution >= 0.6 is 0 Å². The molecule has 0 saturated heterocycles. The first-order valence-corrected chi connectivity index (χ1v) is 10.3. The summed E-state index contributed by atoms with van der Waals surface area (Å²) < 4.78 is 0. The van der Waals surface area contributed by atoms with Crippen LogP contribution < -0.4 is 0 Å². The van der Waals surface area contributed by atoms with Gasteiger partial charge in [0.05, 0.1) is 0 Å². The molecule has 3 rings (SSSR count). The molecule has 22 heavy (non-hydrogen) atoms. The van der Waals surface area contributed by atoms with Gasteiger partial charge in [-0.25, -0.2) is 0 Å². The third kappa shape index (κ3) is 13.4. The Kier molecular flexibility index (Phi) is 15.4. The van der Waals surface area contributed by atoms with Gasteiger partial charge in [0, 0.05) is 0 Å². The Balaban J connectivity index is 0.000000285. The summed E-state index contributed by atoms with van der Waals surface area (Å²) in [5, 5.41) is 0. The van der Waals surface area contributed by atoms with Crippen molar-refractivity contribution in [3.63, 3.8) is 0 Å². The quantitative estimate of drug-likeness (QED) is 0.396.